The summed E-state index contributed by atoms with van der Waals surface area (Å²) in [6.45, 7) is 0. The van der Waals surface area contributed by atoms with E-state index in [9.17, 15) is 9.59 Å². The molecule has 0 aliphatic rings. The molecule has 104 valence electrons. The first-order valence-corrected chi connectivity index (χ1v) is 6.20. The summed E-state index contributed by atoms with van der Waals surface area (Å²) in [7, 11) is 3.12. The Balaban J connectivity index is 2.24. The zero-order valence-electron chi connectivity index (χ0n) is 11.4. The number of aromatic nitrogens is 1. The molecule has 2 aromatic rings. The summed E-state index contributed by atoms with van der Waals surface area (Å²) in [5, 5.41) is 2.45. The normalized spacial score (nSPS) is 10.1. The molecule has 0 radical (unpaired) electrons. The molecule has 2 rings (SSSR count). The van der Waals surface area contributed by atoms with E-state index >= 15 is 0 Å². The predicted molar refractivity (Wildman–Crippen MR) is 76.3 cm³/mol. The number of methoxy groups -OCH3 is 1. The molecule has 0 fully saturated rings. The second-order valence-electron chi connectivity index (χ2n) is 4.35. The molecule has 0 saturated heterocycles. The van der Waals surface area contributed by atoms with Gasteiger partial charge in [0.1, 0.15) is 11.3 Å². The minimum absolute atomic E-state index is 0.124. The van der Waals surface area contributed by atoms with Crippen LogP contribution in [0.25, 0.3) is 0 Å². The highest BCUT2D eigenvalue weighted by Gasteiger charge is 2.09. The van der Waals surface area contributed by atoms with Gasteiger partial charge in [0, 0.05) is 13.2 Å². The number of pyridine rings is 1. The molecule has 0 aliphatic carbocycles. The minimum Gasteiger partial charge on any atom is -0.497 e. The van der Waals surface area contributed by atoms with Gasteiger partial charge in [-0.05, 0) is 35.7 Å². The van der Waals surface area contributed by atoms with Gasteiger partial charge in [-0.3, -0.25) is 9.59 Å². The van der Waals surface area contributed by atoms with Gasteiger partial charge in [0.15, 0.2) is 0 Å². The van der Waals surface area contributed by atoms with Crippen molar-refractivity contribution >= 4 is 5.91 Å². The molecule has 0 aliphatic heterocycles. The summed E-state index contributed by atoms with van der Waals surface area (Å²) in [4.78, 5) is 25.7. The van der Waals surface area contributed by atoms with E-state index in [-0.39, 0.29) is 17.0 Å². The van der Waals surface area contributed by atoms with E-state index in [1.54, 1.807) is 19.4 Å². The highest BCUT2D eigenvalue weighted by Crippen LogP contribution is 2.14. The summed E-state index contributed by atoms with van der Waals surface area (Å²) in [5.41, 5.74) is 1.68. The van der Waals surface area contributed by atoms with Crippen LogP contribution in [0.5, 0.6) is 5.75 Å². The van der Waals surface area contributed by atoms with Crippen LogP contribution in [0.15, 0.2) is 41.3 Å². The Labute approximate surface area is 116 Å². The fourth-order valence-electron chi connectivity index (χ4n) is 1.91. The topological polar surface area (TPSA) is 71.2 Å². The standard InChI is InChI=1S/C15H16N2O3/c1-16-14(18)13-8-11(9-17-15(13)19)7-10-3-5-12(20-2)6-4-10/h3-6,8-9H,7H2,1-2H3,(H,16,18)(H,17,19). The molecule has 2 N–H and O–H groups in total. The van der Waals surface area contributed by atoms with Gasteiger partial charge in [-0.2, -0.15) is 0 Å². The summed E-state index contributed by atoms with van der Waals surface area (Å²) in [6, 6.07) is 9.26. The number of hydrogen-bond donors (Lipinski definition) is 2. The van der Waals surface area contributed by atoms with Crippen LogP contribution in [-0.4, -0.2) is 25.0 Å². The third-order valence-corrected chi connectivity index (χ3v) is 3.00. The van der Waals surface area contributed by atoms with Crippen LogP contribution in [-0.2, 0) is 6.42 Å². The number of carbonyl (C=O) groups excluding carboxylic acids is 1. The second-order valence-corrected chi connectivity index (χ2v) is 4.35. The average Bonchev–Trinajstić information content (AvgIpc) is 2.49. The minimum atomic E-state index is -0.386. The lowest BCUT2D eigenvalue weighted by Crippen LogP contribution is -2.26. The lowest BCUT2D eigenvalue weighted by molar-refractivity contribution is 0.0961. The zero-order valence-corrected chi connectivity index (χ0v) is 11.4. The average molecular weight is 272 g/mol. The fourth-order valence-corrected chi connectivity index (χ4v) is 1.91. The predicted octanol–water partition coefficient (Wildman–Crippen LogP) is 1.33. The maximum Gasteiger partial charge on any atom is 0.260 e. The van der Waals surface area contributed by atoms with Crippen molar-refractivity contribution in [1.82, 2.24) is 10.3 Å². The molecule has 0 atom stereocenters. The first-order chi connectivity index (χ1) is 9.63. The number of hydrogen-bond acceptors (Lipinski definition) is 3. The fraction of sp³-hybridized carbons (Fsp3) is 0.200. The molecular formula is C15H16N2O3. The largest absolute Gasteiger partial charge is 0.497 e. The van der Waals surface area contributed by atoms with Crippen LogP contribution in [0.1, 0.15) is 21.5 Å². The summed E-state index contributed by atoms with van der Waals surface area (Å²) >= 11 is 0. The van der Waals surface area contributed by atoms with E-state index in [2.05, 4.69) is 10.3 Å². The van der Waals surface area contributed by atoms with E-state index in [0.717, 1.165) is 16.9 Å². The van der Waals surface area contributed by atoms with Gasteiger partial charge in [0.2, 0.25) is 0 Å². The first kappa shape index (κ1) is 13.9. The van der Waals surface area contributed by atoms with E-state index in [1.165, 1.54) is 7.05 Å². The number of ether oxygens (including phenoxy) is 1. The second kappa shape index (κ2) is 6.06. The molecular weight excluding hydrogens is 256 g/mol. The molecule has 1 aromatic carbocycles. The van der Waals surface area contributed by atoms with Crippen LogP contribution in [0.2, 0.25) is 0 Å². The van der Waals surface area contributed by atoms with Crippen molar-refractivity contribution in [2.24, 2.45) is 0 Å². The summed E-state index contributed by atoms with van der Waals surface area (Å²) in [5.74, 6) is 0.407. The molecule has 0 saturated carbocycles. The molecule has 0 spiro atoms. The molecule has 20 heavy (non-hydrogen) atoms. The van der Waals surface area contributed by atoms with Gasteiger partial charge in [-0.15, -0.1) is 0 Å². The van der Waals surface area contributed by atoms with Crippen molar-refractivity contribution in [2.75, 3.05) is 14.2 Å². The lowest BCUT2D eigenvalue weighted by Gasteiger charge is -2.05. The molecule has 5 heteroatoms. The number of benzene rings is 1. The van der Waals surface area contributed by atoms with Gasteiger partial charge in [-0.1, -0.05) is 12.1 Å². The van der Waals surface area contributed by atoms with Crippen LogP contribution in [0.4, 0.5) is 0 Å². The number of aromatic amines is 1. The van der Waals surface area contributed by atoms with Gasteiger partial charge < -0.3 is 15.0 Å². The Morgan fingerprint density at radius 2 is 1.95 bits per heavy atom. The zero-order chi connectivity index (χ0) is 14.5. The quantitative estimate of drug-likeness (QED) is 0.882. The Morgan fingerprint density at radius 1 is 1.25 bits per heavy atom. The number of amides is 1. The molecule has 0 unspecified atom stereocenters. The SMILES string of the molecule is CNC(=O)c1cc(Cc2ccc(OC)cc2)c[nH]c1=O. The Morgan fingerprint density at radius 3 is 2.55 bits per heavy atom. The van der Waals surface area contributed by atoms with Crippen molar-refractivity contribution in [3.8, 4) is 5.75 Å². The third kappa shape index (κ3) is 3.06. The van der Waals surface area contributed by atoms with E-state index in [1.807, 2.05) is 24.3 Å². The maximum atomic E-state index is 11.6. The number of nitrogens with one attached hydrogen (secondary N) is 2. The van der Waals surface area contributed by atoms with Crippen molar-refractivity contribution in [3.63, 3.8) is 0 Å². The van der Waals surface area contributed by atoms with Crippen molar-refractivity contribution < 1.29 is 9.53 Å². The highest BCUT2D eigenvalue weighted by molar-refractivity contribution is 5.93. The lowest BCUT2D eigenvalue weighted by atomic mass is 10.0. The van der Waals surface area contributed by atoms with Crippen LogP contribution in [0, 0.1) is 0 Å². The third-order valence-electron chi connectivity index (χ3n) is 3.00. The Kier molecular flexibility index (Phi) is 4.20. The number of carbonyl (C=O) groups is 1. The van der Waals surface area contributed by atoms with Gasteiger partial charge >= 0.3 is 0 Å². The monoisotopic (exact) mass is 272 g/mol. The molecule has 5 nitrogen and oxygen atoms in total. The Hall–Kier alpha value is -2.56. The molecule has 0 bridgehead atoms. The smallest absolute Gasteiger partial charge is 0.260 e. The van der Waals surface area contributed by atoms with Gasteiger partial charge in [0.05, 0.1) is 7.11 Å². The summed E-state index contributed by atoms with van der Waals surface area (Å²) in [6.07, 6.45) is 2.25. The van der Waals surface area contributed by atoms with Crippen molar-refractivity contribution in [2.45, 2.75) is 6.42 Å². The van der Waals surface area contributed by atoms with Gasteiger partial charge in [0.25, 0.3) is 11.5 Å². The van der Waals surface area contributed by atoms with E-state index in [4.69, 9.17) is 4.74 Å². The van der Waals surface area contributed by atoms with Gasteiger partial charge in [-0.25, -0.2) is 0 Å². The van der Waals surface area contributed by atoms with E-state index < -0.39 is 0 Å². The maximum absolute atomic E-state index is 11.6. The van der Waals surface area contributed by atoms with Crippen molar-refractivity contribution in [1.29, 1.82) is 0 Å². The van der Waals surface area contributed by atoms with Crippen LogP contribution in [0.3, 0.4) is 0 Å². The molecule has 1 aromatic heterocycles. The number of H-pyrrole nitrogens is 1. The highest BCUT2D eigenvalue weighted by atomic mass is 16.5. The Bertz CT molecular complexity index is 660. The van der Waals surface area contributed by atoms with Crippen LogP contribution >= 0.6 is 0 Å². The van der Waals surface area contributed by atoms with Crippen LogP contribution < -0.4 is 15.6 Å². The molecule has 1 amide bonds. The summed E-state index contributed by atoms with van der Waals surface area (Å²) < 4.78 is 5.10. The van der Waals surface area contributed by atoms with Crippen molar-refractivity contribution in [3.05, 3.63) is 63.6 Å². The van der Waals surface area contributed by atoms with E-state index in [0.29, 0.717) is 6.42 Å². The first-order valence-electron chi connectivity index (χ1n) is 6.20. The molecule has 1 heterocycles. The number of rotatable bonds is 4.